The minimum absolute atomic E-state index is 0.00537. The number of amides is 1. The normalized spacial score (nSPS) is 20.5. The Bertz CT molecular complexity index is 990. The number of hydrogen-bond donors (Lipinski definition) is 5. The third-order valence-electron chi connectivity index (χ3n) is 7.81. The average molecular weight is 735 g/mol. The highest BCUT2D eigenvalue weighted by atomic mass is 16.7. The van der Waals surface area contributed by atoms with Crippen LogP contribution in [0.25, 0.3) is 0 Å². The highest BCUT2D eigenvalue weighted by Gasteiger charge is 2.43. The maximum Gasteiger partial charge on any atom is 0.273 e. The van der Waals surface area contributed by atoms with Gasteiger partial charge in [-0.05, 0) is 19.3 Å². The van der Waals surface area contributed by atoms with Crippen LogP contribution in [0.1, 0.15) is 61.9 Å². The van der Waals surface area contributed by atoms with Crippen molar-refractivity contribution in [3.8, 4) is 0 Å². The first-order chi connectivity index (χ1) is 25.0. The third kappa shape index (κ3) is 21.2. The summed E-state index contributed by atoms with van der Waals surface area (Å²) >= 11 is 0. The van der Waals surface area contributed by atoms with Crippen molar-refractivity contribution in [1.82, 2.24) is 20.3 Å². The van der Waals surface area contributed by atoms with Crippen molar-refractivity contribution in [2.75, 3.05) is 99.0 Å². The first-order valence-corrected chi connectivity index (χ1v) is 18.2. The van der Waals surface area contributed by atoms with Crippen molar-refractivity contribution in [1.29, 1.82) is 0 Å². The van der Waals surface area contributed by atoms with Crippen molar-refractivity contribution in [3.05, 3.63) is 24.5 Å². The molecule has 0 unspecified atom stereocenters. The summed E-state index contributed by atoms with van der Waals surface area (Å²) in [5, 5.41) is 49.3. The molecule has 1 aliphatic heterocycles. The average Bonchev–Trinajstić information content (AvgIpc) is 3.62. The van der Waals surface area contributed by atoms with Gasteiger partial charge in [0.2, 0.25) is 0 Å². The maximum atomic E-state index is 12.3. The number of aromatic nitrogens is 3. The number of unbranched alkanes of at least 4 members (excludes halogenated alkanes) is 7. The SMILES string of the molecule is C=CCCCCCCCCCOCCOCCOCCOCCOCCOCCNC(=O)c1cn(CCO[C@H]2O[C@H](CO)[C@@H](O)[C@H](O)[C@@H]2O)nn1. The third-order valence-corrected chi connectivity index (χ3v) is 7.81. The van der Waals surface area contributed by atoms with Crippen LogP contribution in [-0.2, 0) is 44.4 Å². The van der Waals surface area contributed by atoms with Crippen molar-refractivity contribution < 1.29 is 63.1 Å². The number of aliphatic hydroxyl groups is 4. The van der Waals surface area contributed by atoms with Gasteiger partial charge in [-0.3, -0.25) is 4.79 Å². The maximum absolute atomic E-state index is 12.3. The van der Waals surface area contributed by atoms with Crippen molar-refractivity contribution in [2.45, 2.75) is 88.6 Å². The molecular formula is C34H62N4O13. The summed E-state index contributed by atoms with van der Waals surface area (Å²) < 4.78 is 45.1. The van der Waals surface area contributed by atoms with E-state index < -0.39 is 43.2 Å². The summed E-state index contributed by atoms with van der Waals surface area (Å²) in [5.41, 5.74) is 0.100. The van der Waals surface area contributed by atoms with E-state index >= 15 is 0 Å². The smallest absolute Gasteiger partial charge is 0.273 e. The Kier molecular flexibility index (Phi) is 26.8. The van der Waals surface area contributed by atoms with Gasteiger partial charge in [-0.2, -0.15) is 0 Å². The Balaban J connectivity index is 1.29. The van der Waals surface area contributed by atoms with E-state index in [4.69, 9.17) is 37.9 Å². The van der Waals surface area contributed by atoms with Crippen LogP contribution in [0.2, 0.25) is 0 Å². The van der Waals surface area contributed by atoms with E-state index in [2.05, 4.69) is 22.2 Å². The van der Waals surface area contributed by atoms with Gasteiger partial charge in [0.15, 0.2) is 12.0 Å². The second-order valence-corrected chi connectivity index (χ2v) is 11.9. The second-order valence-electron chi connectivity index (χ2n) is 11.9. The molecule has 17 nitrogen and oxygen atoms in total. The molecule has 0 aliphatic carbocycles. The molecule has 5 atom stereocenters. The molecule has 0 spiro atoms. The van der Waals surface area contributed by atoms with Crippen molar-refractivity contribution in [3.63, 3.8) is 0 Å². The molecule has 0 aromatic carbocycles. The molecule has 1 fully saturated rings. The molecule has 17 heteroatoms. The van der Waals surface area contributed by atoms with Crippen LogP contribution in [0.15, 0.2) is 18.9 Å². The number of aliphatic hydroxyl groups excluding tert-OH is 4. The number of allylic oxidation sites excluding steroid dienone is 1. The quantitative estimate of drug-likeness (QED) is 0.0474. The Labute approximate surface area is 301 Å². The van der Waals surface area contributed by atoms with Crippen molar-refractivity contribution >= 4 is 5.91 Å². The van der Waals surface area contributed by atoms with E-state index in [1.165, 1.54) is 49.4 Å². The molecule has 51 heavy (non-hydrogen) atoms. The zero-order valence-corrected chi connectivity index (χ0v) is 30.0. The highest BCUT2D eigenvalue weighted by Crippen LogP contribution is 2.21. The van der Waals surface area contributed by atoms with E-state index in [1.807, 2.05) is 6.08 Å². The highest BCUT2D eigenvalue weighted by molar-refractivity contribution is 5.91. The molecule has 0 radical (unpaired) electrons. The van der Waals surface area contributed by atoms with Crippen molar-refractivity contribution in [2.24, 2.45) is 0 Å². The number of hydrogen-bond acceptors (Lipinski definition) is 15. The van der Waals surface area contributed by atoms with Gasteiger partial charge in [-0.1, -0.05) is 43.4 Å². The number of ether oxygens (including phenoxy) is 8. The summed E-state index contributed by atoms with van der Waals surface area (Å²) in [4.78, 5) is 12.3. The Morgan fingerprint density at radius 3 is 1.84 bits per heavy atom. The van der Waals surface area contributed by atoms with E-state index in [0.717, 1.165) is 19.4 Å². The summed E-state index contributed by atoms with van der Waals surface area (Å²) in [7, 11) is 0. The predicted molar refractivity (Wildman–Crippen MR) is 184 cm³/mol. The summed E-state index contributed by atoms with van der Waals surface area (Å²) in [6.07, 6.45) is 6.56. The minimum Gasteiger partial charge on any atom is -0.394 e. The molecule has 1 amide bonds. The molecule has 1 aromatic heterocycles. The lowest BCUT2D eigenvalue weighted by Gasteiger charge is -2.39. The lowest BCUT2D eigenvalue weighted by atomic mass is 9.99. The lowest BCUT2D eigenvalue weighted by molar-refractivity contribution is -0.301. The Morgan fingerprint density at radius 2 is 1.27 bits per heavy atom. The first-order valence-electron chi connectivity index (χ1n) is 18.2. The van der Waals surface area contributed by atoms with E-state index in [9.17, 15) is 25.2 Å². The van der Waals surface area contributed by atoms with Gasteiger partial charge in [0, 0.05) is 13.2 Å². The number of nitrogens with zero attached hydrogens (tertiary/aromatic N) is 3. The van der Waals surface area contributed by atoms with Crippen LogP contribution in [0.3, 0.4) is 0 Å². The molecular weight excluding hydrogens is 672 g/mol. The van der Waals surface area contributed by atoms with Crippen LogP contribution in [0.4, 0.5) is 0 Å². The number of rotatable bonds is 34. The minimum atomic E-state index is -1.53. The molecule has 296 valence electrons. The Hall–Kier alpha value is -2.13. The van der Waals surface area contributed by atoms with Gasteiger partial charge in [0.25, 0.3) is 5.91 Å². The summed E-state index contributed by atoms with van der Waals surface area (Å²) in [6, 6.07) is 0. The number of carbonyl (C=O) groups is 1. The lowest BCUT2D eigenvalue weighted by Crippen LogP contribution is -2.59. The molecule has 2 heterocycles. The van der Waals surface area contributed by atoms with E-state index in [1.54, 1.807) is 0 Å². The zero-order valence-electron chi connectivity index (χ0n) is 30.0. The molecule has 0 saturated carbocycles. The summed E-state index contributed by atoms with van der Waals surface area (Å²) in [6.45, 7) is 9.54. The topological polar surface area (TPSA) is 215 Å². The molecule has 1 saturated heterocycles. The van der Waals surface area contributed by atoms with Crippen LogP contribution >= 0.6 is 0 Å². The first kappa shape index (κ1) is 45.0. The molecule has 0 bridgehead atoms. The van der Waals surface area contributed by atoms with Crippen LogP contribution in [0.5, 0.6) is 0 Å². The van der Waals surface area contributed by atoms with Crippen LogP contribution < -0.4 is 5.32 Å². The Morgan fingerprint density at radius 1 is 0.745 bits per heavy atom. The molecule has 1 aromatic rings. The molecule has 2 rings (SSSR count). The van der Waals surface area contributed by atoms with Crippen LogP contribution in [-0.4, -0.2) is 171 Å². The summed E-state index contributed by atoms with van der Waals surface area (Å²) in [5.74, 6) is -0.424. The van der Waals surface area contributed by atoms with E-state index in [-0.39, 0.29) is 32.0 Å². The second kappa shape index (κ2) is 30.3. The largest absolute Gasteiger partial charge is 0.394 e. The zero-order chi connectivity index (χ0) is 36.8. The predicted octanol–water partition coefficient (Wildman–Crippen LogP) is 0.231. The van der Waals surface area contributed by atoms with Gasteiger partial charge in [0.1, 0.15) is 24.4 Å². The van der Waals surface area contributed by atoms with Gasteiger partial charge >= 0.3 is 0 Å². The fourth-order valence-corrected chi connectivity index (χ4v) is 4.88. The standard InChI is InChI=1S/C34H62N4O13/c1-2-3-4-5-6-7-8-9-10-13-44-16-18-46-20-22-48-24-25-49-23-21-47-19-17-45-14-11-35-33(43)28-26-38(37-36-28)12-15-50-34-32(42)31(41)30(40)29(27-39)51-34/h2,26,29-32,34,39-42H,1,3-25,27H2,(H,35,43)/t29-,30-,31+,32+,34+/m1/s1. The molecule has 5 N–H and O–H groups in total. The molecule has 1 aliphatic rings. The van der Waals surface area contributed by atoms with Gasteiger partial charge in [0.05, 0.1) is 98.6 Å². The fraction of sp³-hybridized carbons (Fsp3) is 0.853. The van der Waals surface area contributed by atoms with Gasteiger partial charge in [-0.25, -0.2) is 4.68 Å². The van der Waals surface area contributed by atoms with Gasteiger partial charge in [-0.15, -0.1) is 11.7 Å². The fourth-order valence-electron chi connectivity index (χ4n) is 4.88. The number of nitrogens with one attached hydrogen (secondary N) is 1. The number of carbonyl (C=O) groups excluding carboxylic acids is 1. The van der Waals surface area contributed by atoms with Crippen LogP contribution in [0, 0.1) is 0 Å². The van der Waals surface area contributed by atoms with Gasteiger partial charge < -0.3 is 63.6 Å². The monoisotopic (exact) mass is 734 g/mol. The van der Waals surface area contributed by atoms with E-state index in [0.29, 0.717) is 66.1 Å².